The highest BCUT2D eigenvalue weighted by molar-refractivity contribution is 5.93. The van der Waals surface area contributed by atoms with Crippen molar-refractivity contribution in [3.8, 4) is 17.0 Å². The molecule has 3 aromatic rings. The Labute approximate surface area is 117 Å². The predicted molar refractivity (Wildman–Crippen MR) is 78.4 cm³/mol. The van der Waals surface area contributed by atoms with E-state index >= 15 is 0 Å². The van der Waals surface area contributed by atoms with E-state index in [0.717, 1.165) is 45.3 Å². The fourth-order valence-electron chi connectivity index (χ4n) is 2.63. The van der Waals surface area contributed by atoms with Crippen LogP contribution in [0.2, 0.25) is 0 Å². The Morgan fingerprint density at radius 1 is 1.15 bits per heavy atom. The summed E-state index contributed by atoms with van der Waals surface area (Å²) in [5.74, 6) is 0.0934. The van der Waals surface area contributed by atoms with Crippen LogP contribution in [0.15, 0.2) is 34.9 Å². The molecule has 0 bridgehead atoms. The lowest BCUT2D eigenvalue weighted by Crippen LogP contribution is -1.95. The van der Waals surface area contributed by atoms with Crippen molar-refractivity contribution >= 4 is 11.0 Å². The van der Waals surface area contributed by atoms with Crippen LogP contribution in [0.4, 0.5) is 0 Å². The molecule has 2 aromatic carbocycles. The second-order valence-electron chi connectivity index (χ2n) is 5.04. The first kappa shape index (κ1) is 12.7. The Hall–Kier alpha value is -2.29. The number of para-hydroxylation sites is 1. The van der Waals surface area contributed by atoms with Gasteiger partial charge in [-0.3, -0.25) is 5.11 Å². The molecule has 1 radical (unpaired) electrons. The lowest BCUT2D eigenvalue weighted by atomic mass is 9.92. The zero-order valence-electron chi connectivity index (χ0n) is 11.9. The van der Waals surface area contributed by atoms with Crippen molar-refractivity contribution in [1.82, 2.24) is 5.16 Å². The minimum atomic E-state index is 0.0934. The fraction of sp³-hybridized carbons (Fsp3) is 0.235. The summed E-state index contributed by atoms with van der Waals surface area (Å²) in [5.41, 5.74) is 5.44. The summed E-state index contributed by atoms with van der Waals surface area (Å²) >= 11 is 0. The Morgan fingerprint density at radius 3 is 2.65 bits per heavy atom. The van der Waals surface area contributed by atoms with Crippen molar-refractivity contribution in [1.29, 1.82) is 0 Å². The third kappa shape index (κ3) is 1.78. The molecule has 0 atom stereocenters. The number of nitrogens with zero attached hydrogens (tertiary/aromatic N) is 1. The van der Waals surface area contributed by atoms with Crippen molar-refractivity contribution in [2.75, 3.05) is 0 Å². The maximum atomic E-state index is 12.0. The molecule has 3 heteroatoms. The van der Waals surface area contributed by atoms with Crippen LogP contribution >= 0.6 is 0 Å². The van der Waals surface area contributed by atoms with Crippen LogP contribution in [-0.4, -0.2) is 5.16 Å². The van der Waals surface area contributed by atoms with E-state index in [9.17, 15) is 5.11 Å². The highest BCUT2D eigenvalue weighted by Gasteiger charge is 2.19. The van der Waals surface area contributed by atoms with E-state index in [2.05, 4.69) is 12.1 Å². The second-order valence-corrected chi connectivity index (χ2v) is 5.04. The number of aromatic nitrogens is 1. The van der Waals surface area contributed by atoms with Crippen LogP contribution in [0, 0.1) is 13.8 Å². The largest absolute Gasteiger partial charge is 0.356 e. The molecule has 1 aromatic heterocycles. The van der Waals surface area contributed by atoms with Gasteiger partial charge in [-0.15, -0.1) is 0 Å². The van der Waals surface area contributed by atoms with E-state index in [1.54, 1.807) is 6.07 Å². The smallest absolute Gasteiger partial charge is 0.182 e. The van der Waals surface area contributed by atoms with Crippen molar-refractivity contribution in [2.24, 2.45) is 0 Å². The fourth-order valence-corrected chi connectivity index (χ4v) is 2.63. The van der Waals surface area contributed by atoms with Gasteiger partial charge in [-0.25, -0.2) is 0 Å². The summed E-state index contributed by atoms with van der Waals surface area (Å²) in [6, 6.07) is 9.53. The summed E-state index contributed by atoms with van der Waals surface area (Å²) in [4.78, 5) is 0. The van der Waals surface area contributed by atoms with E-state index < -0.39 is 0 Å². The number of rotatable bonds is 2. The first-order valence-corrected chi connectivity index (χ1v) is 6.78. The van der Waals surface area contributed by atoms with E-state index in [0.29, 0.717) is 0 Å². The third-order valence-electron chi connectivity index (χ3n) is 3.93. The second kappa shape index (κ2) is 4.67. The van der Waals surface area contributed by atoms with Gasteiger partial charge >= 0.3 is 0 Å². The molecule has 0 N–H and O–H groups in total. The number of fused-ring (bicyclic) bond motifs is 1. The SMILES string of the molecule is CCc1cc([O])c(C)c(C)c1-c1noc2ccccc12. The van der Waals surface area contributed by atoms with Crippen molar-refractivity contribution in [2.45, 2.75) is 27.2 Å². The minimum absolute atomic E-state index is 0.0934. The first-order valence-electron chi connectivity index (χ1n) is 6.78. The Balaban J connectivity index is 2.37. The molecule has 0 aliphatic heterocycles. The maximum Gasteiger partial charge on any atom is 0.182 e. The molecule has 0 spiro atoms. The maximum absolute atomic E-state index is 12.0. The van der Waals surface area contributed by atoms with E-state index in [1.165, 1.54) is 0 Å². The van der Waals surface area contributed by atoms with Gasteiger partial charge in [0.25, 0.3) is 0 Å². The molecule has 3 nitrogen and oxygen atoms in total. The molecule has 0 saturated carbocycles. The summed E-state index contributed by atoms with van der Waals surface area (Å²) in [6.07, 6.45) is 0.798. The third-order valence-corrected chi connectivity index (χ3v) is 3.93. The molecule has 0 unspecified atom stereocenters. The van der Waals surface area contributed by atoms with E-state index in [4.69, 9.17) is 4.52 Å². The van der Waals surface area contributed by atoms with Gasteiger partial charge in [-0.1, -0.05) is 24.2 Å². The predicted octanol–water partition coefficient (Wildman–Crippen LogP) is 4.82. The van der Waals surface area contributed by atoms with Crippen LogP contribution in [-0.2, 0) is 11.5 Å². The standard InChI is InChI=1S/C17H16NO2/c1-4-12-9-14(19)10(2)11(3)16(12)17-13-7-5-6-8-15(13)20-18-17/h5-9H,4H2,1-3H3. The summed E-state index contributed by atoms with van der Waals surface area (Å²) in [5, 5.41) is 17.2. The van der Waals surface area contributed by atoms with Crippen LogP contribution < -0.4 is 0 Å². The first-order chi connectivity index (χ1) is 9.63. The van der Waals surface area contributed by atoms with Gasteiger partial charge in [-0.2, -0.15) is 0 Å². The monoisotopic (exact) mass is 266 g/mol. The van der Waals surface area contributed by atoms with Gasteiger partial charge in [0.15, 0.2) is 11.3 Å². The highest BCUT2D eigenvalue weighted by Crippen LogP contribution is 2.37. The van der Waals surface area contributed by atoms with Crippen molar-refractivity contribution in [3.05, 3.63) is 47.0 Å². The molecule has 0 saturated heterocycles. The van der Waals surface area contributed by atoms with Gasteiger partial charge in [0.05, 0.1) is 0 Å². The van der Waals surface area contributed by atoms with Crippen molar-refractivity contribution < 1.29 is 9.63 Å². The summed E-state index contributed by atoms with van der Waals surface area (Å²) < 4.78 is 5.40. The highest BCUT2D eigenvalue weighted by atomic mass is 16.5. The molecule has 0 aliphatic rings. The quantitative estimate of drug-likeness (QED) is 0.667. The molecule has 0 aliphatic carbocycles. The van der Waals surface area contributed by atoms with Crippen LogP contribution in [0.1, 0.15) is 23.6 Å². The molecular formula is C17H16NO2. The zero-order valence-corrected chi connectivity index (χ0v) is 11.9. The molecule has 20 heavy (non-hydrogen) atoms. The zero-order chi connectivity index (χ0) is 14.3. The molecule has 1 heterocycles. The molecular weight excluding hydrogens is 250 g/mol. The normalized spacial score (nSPS) is 11.2. The van der Waals surface area contributed by atoms with Crippen molar-refractivity contribution in [3.63, 3.8) is 0 Å². The summed E-state index contributed by atoms with van der Waals surface area (Å²) in [7, 11) is 0. The average Bonchev–Trinajstić information content (AvgIpc) is 2.88. The average molecular weight is 266 g/mol. The summed E-state index contributed by atoms with van der Waals surface area (Å²) in [6.45, 7) is 5.90. The number of benzene rings is 2. The topological polar surface area (TPSA) is 45.9 Å². The van der Waals surface area contributed by atoms with Crippen LogP contribution in [0.25, 0.3) is 22.2 Å². The Kier molecular flexibility index (Phi) is 2.97. The Bertz CT molecular complexity index is 787. The number of aryl methyl sites for hydroxylation is 1. The number of hydrogen-bond acceptors (Lipinski definition) is 2. The lowest BCUT2D eigenvalue weighted by Gasteiger charge is -2.12. The molecule has 3 rings (SSSR count). The van der Waals surface area contributed by atoms with Gasteiger partial charge < -0.3 is 4.52 Å². The molecule has 0 fully saturated rings. The van der Waals surface area contributed by atoms with E-state index in [-0.39, 0.29) is 5.75 Å². The van der Waals surface area contributed by atoms with Gasteiger partial charge in [0.1, 0.15) is 5.69 Å². The molecule has 101 valence electrons. The molecule has 0 amide bonds. The lowest BCUT2D eigenvalue weighted by molar-refractivity contribution is 0.351. The van der Waals surface area contributed by atoms with Gasteiger partial charge in [0.2, 0.25) is 0 Å². The minimum Gasteiger partial charge on any atom is -0.356 e. The van der Waals surface area contributed by atoms with Gasteiger partial charge in [-0.05, 0) is 55.2 Å². The van der Waals surface area contributed by atoms with E-state index in [1.807, 2.05) is 38.1 Å². The van der Waals surface area contributed by atoms with Crippen LogP contribution in [0.3, 0.4) is 0 Å². The Morgan fingerprint density at radius 2 is 1.90 bits per heavy atom. The number of hydrogen-bond donors (Lipinski definition) is 0. The van der Waals surface area contributed by atoms with Crippen LogP contribution in [0.5, 0.6) is 5.75 Å². The van der Waals surface area contributed by atoms with Gasteiger partial charge in [0, 0.05) is 10.9 Å².